The van der Waals surface area contributed by atoms with Crippen molar-refractivity contribution < 1.29 is 19.2 Å². The van der Waals surface area contributed by atoms with E-state index in [0.717, 1.165) is 58.4 Å². The lowest BCUT2D eigenvalue weighted by molar-refractivity contribution is -0.152. The maximum atomic E-state index is 13.3. The second-order valence-electron chi connectivity index (χ2n) is 10.9. The number of aryl methyl sites for hydroxylation is 2. The van der Waals surface area contributed by atoms with Crippen LogP contribution >= 0.6 is 43.5 Å². The summed E-state index contributed by atoms with van der Waals surface area (Å²) in [6.07, 6.45) is 7.43. The molecule has 2 saturated heterocycles. The second-order valence-corrected chi connectivity index (χ2v) is 13.1. The Morgan fingerprint density at radius 2 is 1.68 bits per heavy atom. The van der Waals surface area contributed by atoms with Crippen LogP contribution in [0.15, 0.2) is 33.3 Å². The molecule has 3 aliphatic rings. The Bertz CT molecular complexity index is 1290. The van der Waals surface area contributed by atoms with Gasteiger partial charge < -0.3 is 9.80 Å². The van der Waals surface area contributed by atoms with Gasteiger partial charge in [0.25, 0.3) is 0 Å². The van der Waals surface area contributed by atoms with Crippen molar-refractivity contribution in [2.45, 2.75) is 50.9 Å². The summed E-state index contributed by atoms with van der Waals surface area (Å²) in [6, 6.07) is 6.27. The van der Waals surface area contributed by atoms with E-state index in [4.69, 9.17) is 16.6 Å². The fourth-order valence-corrected chi connectivity index (χ4v) is 8.01. The fraction of sp³-hybridized carbons (Fsp3) is 0.517. The number of piperidine rings is 2. The molecule has 0 unspecified atom stereocenters. The smallest absolute Gasteiger partial charge is 0.333 e. The molecule has 2 aromatic rings. The maximum absolute atomic E-state index is 13.3. The Kier molecular flexibility index (Phi) is 9.49. The van der Waals surface area contributed by atoms with Crippen molar-refractivity contribution in [3.63, 3.8) is 0 Å². The first kappa shape index (κ1) is 29.5. The number of carbonyl (C=O) groups is 3. The molecule has 2 aliphatic heterocycles. The molecule has 1 aromatic heterocycles. The summed E-state index contributed by atoms with van der Waals surface area (Å²) in [6.45, 7) is 2.39. The summed E-state index contributed by atoms with van der Waals surface area (Å²) in [4.78, 5) is 50.2. The molecule has 3 heterocycles. The van der Waals surface area contributed by atoms with Crippen LogP contribution in [0.4, 0.5) is 0 Å². The van der Waals surface area contributed by atoms with Crippen molar-refractivity contribution in [3.8, 4) is 0 Å². The molecule has 5 rings (SSSR count). The summed E-state index contributed by atoms with van der Waals surface area (Å²) in [5.41, 5.74) is 7.02. The lowest BCUT2D eigenvalue weighted by atomic mass is 9.76. The van der Waals surface area contributed by atoms with Crippen LogP contribution in [0.2, 0.25) is 5.02 Å². The molecular formula is C29H33Br2ClN4O4. The van der Waals surface area contributed by atoms with E-state index in [1.165, 1.54) is 28.7 Å². The minimum atomic E-state index is -0.767. The van der Waals surface area contributed by atoms with Gasteiger partial charge in [0.1, 0.15) is 0 Å². The van der Waals surface area contributed by atoms with Gasteiger partial charge in [-0.15, -0.1) is 0 Å². The largest absolute Gasteiger partial charge is 0.343 e. The zero-order valence-electron chi connectivity index (χ0n) is 22.4. The van der Waals surface area contributed by atoms with E-state index in [0.29, 0.717) is 38.3 Å². The number of hydrogen-bond acceptors (Lipinski definition) is 5. The predicted molar refractivity (Wildman–Crippen MR) is 159 cm³/mol. The molecule has 2 fully saturated rings. The number of pyridine rings is 1. The topological polar surface area (TPSA) is 91.8 Å². The van der Waals surface area contributed by atoms with Crippen LogP contribution in [0, 0.1) is 11.8 Å². The van der Waals surface area contributed by atoms with Crippen LogP contribution in [-0.2, 0) is 32.1 Å². The SMILES string of the molecule is CONC(=O)C(=O)N1CCC(CC(=O)N2CCC([C@H]3c4ncc(Br)cc4CCc4cc(Cl)cc(Br)c43)CC2)CC1. The van der Waals surface area contributed by atoms with Gasteiger partial charge in [-0.05, 0) is 101 Å². The average Bonchev–Trinajstić information content (AvgIpc) is 3.10. The molecule has 3 amide bonds. The van der Waals surface area contributed by atoms with Crippen LogP contribution < -0.4 is 5.48 Å². The van der Waals surface area contributed by atoms with Crippen LogP contribution in [0.25, 0.3) is 0 Å². The van der Waals surface area contributed by atoms with E-state index in [9.17, 15) is 14.4 Å². The molecular weight excluding hydrogens is 664 g/mol. The van der Waals surface area contributed by atoms with Crippen LogP contribution in [0.1, 0.15) is 60.4 Å². The van der Waals surface area contributed by atoms with Gasteiger partial charge >= 0.3 is 11.8 Å². The minimum Gasteiger partial charge on any atom is -0.343 e. The highest BCUT2D eigenvalue weighted by molar-refractivity contribution is 9.10. The monoisotopic (exact) mass is 694 g/mol. The molecule has 0 spiro atoms. The van der Waals surface area contributed by atoms with Gasteiger partial charge in [-0.25, -0.2) is 5.48 Å². The standard InChI is InChI=1S/C29H33Br2ClN4O4/c1-40-34-28(38)29(39)36-8-4-17(5-9-36)12-24(37)35-10-6-18(7-11-35)26-25-19(14-22(32)15-23(25)31)2-3-20-13-21(30)16-33-27(20)26/h13-18,26H,2-12H2,1H3,(H,34,38)/t26-/m1/s1. The lowest BCUT2D eigenvalue weighted by Gasteiger charge is -2.38. The number of hydrogen-bond donors (Lipinski definition) is 1. The molecule has 40 heavy (non-hydrogen) atoms. The van der Waals surface area contributed by atoms with Crippen molar-refractivity contribution >= 4 is 61.2 Å². The van der Waals surface area contributed by atoms with Gasteiger partial charge in [-0.1, -0.05) is 27.5 Å². The number of benzene rings is 1. The predicted octanol–water partition coefficient (Wildman–Crippen LogP) is 5.04. The van der Waals surface area contributed by atoms with Gasteiger partial charge in [-0.3, -0.25) is 24.2 Å². The lowest BCUT2D eigenvalue weighted by Crippen LogP contribution is -2.47. The summed E-state index contributed by atoms with van der Waals surface area (Å²) < 4.78 is 2.02. The molecule has 1 N–H and O–H groups in total. The molecule has 1 atom stereocenters. The van der Waals surface area contributed by atoms with Gasteiger partial charge in [-0.2, -0.15) is 0 Å². The van der Waals surface area contributed by atoms with Crippen molar-refractivity contribution in [1.29, 1.82) is 0 Å². The number of fused-ring (bicyclic) bond motifs is 2. The number of likely N-dealkylation sites (tertiary alicyclic amines) is 2. The van der Waals surface area contributed by atoms with Gasteiger partial charge in [0, 0.05) is 58.7 Å². The van der Waals surface area contributed by atoms with Crippen molar-refractivity contribution in [2.24, 2.45) is 11.8 Å². The molecule has 11 heteroatoms. The first-order chi connectivity index (χ1) is 19.2. The zero-order valence-corrected chi connectivity index (χ0v) is 26.4. The zero-order chi connectivity index (χ0) is 28.4. The van der Waals surface area contributed by atoms with E-state index in [-0.39, 0.29) is 17.7 Å². The fourth-order valence-electron chi connectivity index (χ4n) is 6.51. The summed E-state index contributed by atoms with van der Waals surface area (Å²) in [5, 5.41) is 0.735. The van der Waals surface area contributed by atoms with Gasteiger partial charge in [0.2, 0.25) is 5.91 Å². The number of halogens is 3. The Labute approximate surface area is 256 Å². The van der Waals surface area contributed by atoms with E-state index in [1.54, 1.807) is 0 Å². The van der Waals surface area contributed by atoms with E-state index in [1.807, 2.05) is 17.2 Å². The Morgan fingerprint density at radius 3 is 2.38 bits per heavy atom. The normalized spacial score (nSPS) is 19.9. The molecule has 0 bridgehead atoms. The van der Waals surface area contributed by atoms with Crippen LogP contribution in [-0.4, -0.2) is 65.8 Å². The highest BCUT2D eigenvalue weighted by atomic mass is 79.9. The summed E-state index contributed by atoms with van der Waals surface area (Å²) in [5.74, 6) is -0.469. The number of amides is 3. The number of nitrogens with one attached hydrogen (secondary N) is 1. The maximum Gasteiger partial charge on any atom is 0.333 e. The Hall–Kier alpha value is -2.01. The molecule has 8 nitrogen and oxygen atoms in total. The molecule has 1 aromatic carbocycles. The molecule has 214 valence electrons. The van der Waals surface area contributed by atoms with E-state index >= 15 is 0 Å². The third-order valence-electron chi connectivity index (χ3n) is 8.54. The number of rotatable bonds is 4. The first-order valence-electron chi connectivity index (χ1n) is 13.8. The Balaban J connectivity index is 1.23. The van der Waals surface area contributed by atoms with Crippen molar-refractivity contribution in [2.75, 3.05) is 33.3 Å². The third-order valence-corrected chi connectivity index (χ3v) is 9.84. The van der Waals surface area contributed by atoms with Gasteiger partial charge in [0.05, 0.1) is 12.8 Å². The number of nitrogens with zero attached hydrogens (tertiary/aromatic N) is 3. The second kappa shape index (κ2) is 12.9. The number of carbonyl (C=O) groups excluding carboxylic acids is 3. The summed E-state index contributed by atoms with van der Waals surface area (Å²) >= 11 is 13.9. The van der Waals surface area contributed by atoms with Crippen molar-refractivity contribution in [3.05, 3.63) is 60.7 Å². The third kappa shape index (κ3) is 6.40. The van der Waals surface area contributed by atoms with Gasteiger partial charge in [0.15, 0.2) is 0 Å². The molecule has 0 radical (unpaired) electrons. The highest BCUT2D eigenvalue weighted by Gasteiger charge is 2.37. The minimum absolute atomic E-state index is 0.140. The number of aromatic nitrogens is 1. The molecule has 0 saturated carbocycles. The molecule has 1 aliphatic carbocycles. The first-order valence-corrected chi connectivity index (χ1v) is 15.7. The average molecular weight is 697 g/mol. The highest BCUT2D eigenvalue weighted by Crippen LogP contribution is 2.46. The Morgan fingerprint density at radius 1 is 1.00 bits per heavy atom. The van der Waals surface area contributed by atoms with E-state index < -0.39 is 11.8 Å². The van der Waals surface area contributed by atoms with E-state index in [2.05, 4.69) is 54.3 Å². The van der Waals surface area contributed by atoms with Crippen LogP contribution in [0.3, 0.4) is 0 Å². The van der Waals surface area contributed by atoms with Crippen molar-refractivity contribution in [1.82, 2.24) is 20.3 Å². The summed E-state index contributed by atoms with van der Waals surface area (Å²) in [7, 11) is 1.30. The van der Waals surface area contributed by atoms with Crippen LogP contribution in [0.5, 0.6) is 0 Å². The number of hydroxylamine groups is 1. The quantitative estimate of drug-likeness (QED) is 0.358.